The molecule has 0 bridgehead atoms. The molecule has 15 heavy (non-hydrogen) atoms. The third-order valence-corrected chi connectivity index (χ3v) is 1.94. The van der Waals surface area contributed by atoms with Crippen LogP contribution in [0.15, 0.2) is 30.3 Å². The molecule has 0 saturated heterocycles. The molecule has 1 aromatic carbocycles. The number of rotatable bonds is 6. The van der Waals surface area contributed by atoms with E-state index in [2.05, 4.69) is 5.32 Å². The van der Waals surface area contributed by atoms with E-state index in [0.717, 1.165) is 5.75 Å². The second-order valence-electron chi connectivity index (χ2n) is 3.34. The Bertz CT molecular complexity index is 264. The summed E-state index contributed by atoms with van der Waals surface area (Å²) in [6.45, 7) is 6.60. The normalized spacial score (nSPS) is 14.6. The van der Waals surface area contributed by atoms with Gasteiger partial charge in [-0.3, -0.25) is 5.32 Å². The summed E-state index contributed by atoms with van der Waals surface area (Å²) in [6.07, 6.45) is -0.0531. The maximum absolute atomic E-state index is 5.64. The standard InChI is InChI=1S/C12H19NO2/c1-4-14-10(2)13-11(3)15-12-8-6-5-7-9-12/h5-11,13H,4H2,1-3H3. The zero-order valence-electron chi connectivity index (χ0n) is 9.57. The molecule has 0 amide bonds. The lowest BCUT2D eigenvalue weighted by atomic mass is 10.3. The van der Waals surface area contributed by atoms with E-state index >= 15 is 0 Å². The summed E-state index contributed by atoms with van der Waals surface area (Å²) in [5, 5.41) is 3.18. The summed E-state index contributed by atoms with van der Waals surface area (Å²) in [5.74, 6) is 0.862. The lowest BCUT2D eigenvalue weighted by Gasteiger charge is -2.20. The number of hydrogen-bond acceptors (Lipinski definition) is 3. The number of benzene rings is 1. The topological polar surface area (TPSA) is 30.5 Å². The van der Waals surface area contributed by atoms with Crippen molar-refractivity contribution < 1.29 is 9.47 Å². The molecule has 1 rings (SSSR count). The third kappa shape index (κ3) is 4.81. The van der Waals surface area contributed by atoms with Crippen molar-refractivity contribution in [2.24, 2.45) is 0 Å². The van der Waals surface area contributed by atoms with Gasteiger partial charge in [-0.05, 0) is 32.9 Å². The highest BCUT2D eigenvalue weighted by atomic mass is 16.5. The molecule has 0 aliphatic heterocycles. The first kappa shape index (κ1) is 12.0. The van der Waals surface area contributed by atoms with Gasteiger partial charge in [0.1, 0.15) is 18.2 Å². The molecule has 2 atom stereocenters. The predicted molar refractivity (Wildman–Crippen MR) is 60.8 cm³/mol. The highest BCUT2D eigenvalue weighted by molar-refractivity contribution is 5.21. The van der Waals surface area contributed by atoms with Gasteiger partial charge in [0.2, 0.25) is 0 Å². The monoisotopic (exact) mass is 209 g/mol. The minimum Gasteiger partial charge on any atom is -0.476 e. The van der Waals surface area contributed by atoms with Crippen molar-refractivity contribution in [2.45, 2.75) is 33.2 Å². The minimum atomic E-state index is -0.0612. The molecule has 1 aromatic rings. The van der Waals surface area contributed by atoms with Crippen LogP contribution < -0.4 is 10.1 Å². The van der Waals surface area contributed by atoms with Crippen molar-refractivity contribution in [1.29, 1.82) is 0 Å². The predicted octanol–water partition coefficient (Wildman–Crippen LogP) is 2.38. The number of ether oxygens (including phenoxy) is 2. The molecule has 3 nitrogen and oxygen atoms in total. The zero-order valence-corrected chi connectivity index (χ0v) is 9.57. The molecule has 0 aromatic heterocycles. The van der Waals surface area contributed by atoms with Crippen LogP contribution in [0.3, 0.4) is 0 Å². The van der Waals surface area contributed by atoms with Gasteiger partial charge in [-0.25, -0.2) is 0 Å². The summed E-state index contributed by atoms with van der Waals surface area (Å²) in [4.78, 5) is 0. The van der Waals surface area contributed by atoms with Gasteiger partial charge in [-0.2, -0.15) is 0 Å². The molecule has 1 N–H and O–H groups in total. The average molecular weight is 209 g/mol. The van der Waals surface area contributed by atoms with Crippen molar-refractivity contribution in [2.75, 3.05) is 6.61 Å². The van der Waals surface area contributed by atoms with Crippen molar-refractivity contribution in [1.82, 2.24) is 5.32 Å². The molecule has 84 valence electrons. The number of para-hydroxylation sites is 1. The zero-order chi connectivity index (χ0) is 11.1. The highest BCUT2D eigenvalue weighted by Crippen LogP contribution is 2.09. The Labute approximate surface area is 91.4 Å². The average Bonchev–Trinajstić information content (AvgIpc) is 2.19. The highest BCUT2D eigenvalue weighted by Gasteiger charge is 2.07. The Kier molecular flexibility index (Phi) is 5.15. The molecular weight excluding hydrogens is 190 g/mol. The fourth-order valence-electron chi connectivity index (χ4n) is 1.37. The summed E-state index contributed by atoms with van der Waals surface area (Å²) in [5.41, 5.74) is 0. The Balaban J connectivity index is 2.33. The Morgan fingerprint density at radius 3 is 2.40 bits per heavy atom. The third-order valence-electron chi connectivity index (χ3n) is 1.94. The number of nitrogens with one attached hydrogen (secondary N) is 1. The molecule has 0 aliphatic rings. The molecule has 3 heteroatoms. The van der Waals surface area contributed by atoms with E-state index in [1.165, 1.54) is 0 Å². The summed E-state index contributed by atoms with van der Waals surface area (Å²) < 4.78 is 11.0. The van der Waals surface area contributed by atoms with Gasteiger partial charge < -0.3 is 9.47 Å². The van der Waals surface area contributed by atoms with Gasteiger partial charge in [0.15, 0.2) is 0 Å². The fourth-order valence-corrected chi connectivity index (χ4v) is 1.37. The van der Waals surface area contributed by atoms with Crippen molar-refractivity contribution >= 4 is 0 Å². The quantitative estimate of drug-likeness (QED) is 0.730. The SMILES string of the molecule is CCOC(C)NC(C)Oc1ccccc1. The van der Waals surface area contributed by atoms with Crippen LogP contribution in [0.4, 0.5) is 0 Å². The maximum atomic E-state index is 5.64. The molecule has 0 radical (unpaired) electrons. The molecule has 0 spiro atoms. The summed E-state index contributed by atoms with van der Waals surface area (Å²) >= 11 is 0. The van der Waals surface area contributed by atoms with Crippen molar-refractivity contribution in [3.05, 3.63) is 30.3 Å². The Morgan fingerprint density at radius 1 is 1.13 bits per heavy atom. The molecule has 0 fully saturated rings. The number of hydrogen-bond donors (Lipinski definition) is 1. The molecule has 0 heterocycles. The van der Waals surface area contributed by atoms with E-state index in [1.54, 1.807) is 0 Å². The molecule has 0 saturated carbocycles. The lowest BCUT2D eigenvalue weighted by Crippen LogP contribution is -2.39. The van der Waals surface area contributed by atoms with E-state index < -0.39 is 0 Å². The Morgan fingerprint density at radius 2 is 1.80 bits per heavy atom. The molecule has 0 aliphatic carbocycles. The van der Waals surface area contributed by atoms with Gasteiger partial charge in [0.05, 0.1) is 0 Å². The van der Waals surface area contributed by atoms with Crippen LogP contribution in [0.2, 0.25) is 0 Å². The van der Waals surface area contributed by atoms with Gasteiger partial charge >= 0.3 is 0 Å². The van der Waals surface area contributed by atoms with Crippen LogP contribution in [0.1, 0.15) is 20.8 Å². The second-order valence-corrected chi connectivity index (χ2v) is 3.34. The summed E-state index contributed by atoms with van der Waals surface area (Å²) in [7, 11) is 0. The minimum absolute atomic E-state index is 0.00807. The molecular formula is C12H19NO2. The van der Waals surface area contributed by atoms with Crippen LogP contribution >= 0.6 is 0 Å². The van der Waals surface area contributed by atoms with Crippen LogP contribution in [-0.4, -0.2) is 19.1 Å². The molecule has 2 unspecified atom stereocenters. The van der Waals surface area contributed by atoms with Gasteiger partial charge in [0, 0.05) is 6.61 Å². The smallest absolute Gasteiger partial charge is 0.149 e. The first-order valence-corrected chi connectivity index (χ1v) is 5.31. The van der Waals surface area contributed by atoms with E-state index in [-0.39, 0.29) is 12.5 Å². The first-order valence-electron chi connectivity index (χ1n) is 5.31. The maximum Gasteiger partial charge on any atom is 0.149 e. The van der Waals surface area contributed by atoms with E-state index in [0.29, 0.717) is 6.61 Å². The first-order chi connectivity index (χ1) is 7.22. The Hall–Kier alpha value is -1.06. The van der Waals surface area contributed by atoms with Crippen LogP contribution in [0, 0.1) is 0 Å². The fraction of sp³-hybridized carbons (Fsp3) is 0.500. The van der Waals surface area contributed by atoms with E-state index in [1.807, 2.05) is 51.1 Å². The lowest BCUT2D eigenvalue weighted by molar-refractivity contribution is 0.0143. The van der Waals surface area contributed by atoms with Crippen LogP contribution in [-0.2, 0) is 4.74 Å². The van der Waals surface area contributed by atoms with Gasteiger partial charge in [-0.1, -0.05) is 18.2 Å². The second kappa shape index (κ2) is 6.43. The van der Waals surface area contributed by atoms with Crippen LogP contribution in [0.5, 0.6) is 5.75 Å². The van der Waals surface area contributed by atoms with Crippen molar-refractivity contribution in [3.63, 3.8) is 0 Å². The van der Waals surface area contributed by atoms with Crippen LogP contribution in [0.25, 0.3) is 0 Å². The van der Waals surface area contributed by atoms with E-state index in [4.69, 9.17) is 9.47 Å². The van der Waals surface area contributed by atoms with Crippen molar-refractivity contribution in [3.8, 4) is 5.75 Å². The largest absolute Gasteiger partial charge is 0.476 e. The summed E-state index contributed by atoms with van der Waals surface area (Å²) in [6, 6.07) is 9.74. The van der Waals surface area contributed by atoms with E-state index in [9.17, 15) is 0 Å². The van der Waals surface area contributed by atoms with Gasteiger partial charge in [0.25, 0.3) is 0 Å². The van der Waals surface area contributed by atoms with Gasteiger partial charge in [-0.15, -0.1) is 0 Å².